The van der Waals surface area contributed by atoms with Gasteiger partial charge in [0.1, 0.15) is 0 Å². The van der Waals surface area contributed by atoms with Gasteiger partial charge in [0, 0.05) is 5.54 Å². The molecule has 1 aromatic carbocycles. The number of hydrogen-bond donors (Lipinski definition) is 2. The van der Waals surface area contributed by atoms with Crippen molar-refractivity contribution in [1.29, 1.82) is 0 Å². The van der Waals surface area contributed by atoms with Crippen molar-refractivity contribution in [3.8, 4) is 0 Å². The van der Waals surface area contributed by atoms with Crippen molar-refractivity contribution in [1.82, 2.24) is 5.48 Å². The average Bonchev–Trinajstić information content (AvgIpc) is 2.28. The molecule has 0 fully saturated rings. The summed E-state index contributed by atoms with van der Waals surface area (Å²) in [4.78, 5) is 17.2. The molecule has 0 atom stereocenters. The fourth-order valence-corrected chi connectivity index (χ4v) is 1.18. The van der Waals surface area contributed by atoms with Crippen molar-refractivity contribution in [3.05, 3.63) is 35.9 Å². The molecule has 0 saturated heterocycles. The third-order valence-electron chi connectivity index (χ3n) is 3.43. The van der Waals surface area contributed by atoms with Crippen LogP contribution in [0.5, 0.6) is 0 Å². The molecule has 0 bridgehead atoms. The van der Waals surface area contributed by atoms with E-state index in [1.54, 1.807) is 13.8 Å². The minimum Gasteiger partial charge on any atom is -0.325 e. The molecule has 100 valence electrons. The molecule has 0 spiro atoms. The Morgan fingerprint density at radius 3 is 2.28 bits per heavy atom. The zero-order valence-corrected chi connectivity index (χ0v) is 11.5. The molecule has 0 aliphatic heterocycles. The maximum Gasteiger partial charge on any atom is 0.251 e. The molecule has 4 heteroatoms. The standard InChI is InChI=1S/C14H22N2O2/c1-13(2,14(3,4)15)12(17)16-18-10-11-8-6-5-7-9-11/h5-9H,10,15H2,1-4H3,(H,16,17). The Kier molecular flexibility index (Phi) is 4.48. The number of nitrogens with one attached hydrogen (secondary N) is 1. The molecule has 0 aliphatic carbocycles. The second-order valence-corrected chi connectivity index (χ2v) is 5.55. The molecule has 0 aliphatic rings. The number of nitrogens with two attached hydrogens (primary N) is 1. The monoisotopic (exact) mass is 250 g/mol. The SMILES string of the molecule is CC(C)(N)C(C)(C)C(=O)NOCc1ccccc1. The molecule has 0 unspecified atom stereocenters. The normalized spacial score (nSPS) is 12.3. The van der Waals surface area contributed by atoms with Gasteiger partial charge in [0.2, 0.25) is 0 Å². The lowest BCUT2D eigenvalue weighted by atomic mass is 9.75. The summed E-state index contributed by atoms with van der Waals surface area (Å²) < 4.78 is 0. The summed E-state index contributed by atoms with van der Waals surface area (Å²) in [6.07, 6.45) is 0. The van der Waals surface area contributed by atoms with Crippen LogP contribution < -0.4 is 11.2 Å². The summed E-state index contributed by atoms with van der Waals surface area (Å²) in [5.74, 6) is -0.217. The maximum atomic E-state index is 12.0. The largest absolute Gasteiger partial charge is 0.325 e. The second kappa shape index (κ2) is 5.50. The summed E-state index contributed by atoms with van der Waals surface area (Å²) in [6, 6.07) is 9.65. The van der Waals surface area contributed by atoms with Gasteiger partial charge in [0.05, 0.1) is 12.0 Å². The van der Waals surface area contributed by atoms with E-state index in [1.807, 2.05) is 44.2 Å². The van der Waals surface area contributed by atoms with Crippen molar-refractivity contribution in [2.75, 3.05) is 0 Å². The van der Waals surface area contributed by atoms with Gasteiger partial charge in [0.15, 0.2) is 0 Å². The van der Waals surface area contributed by atoms with Crippen LogP contribution in [-0.4, -0.2) is 11.4 Å². The highest BCUT2D eigenvalue weighted by molar-refractivity contribution is 5.82. The fourth-order valence-electron chi connectivity index (χ4n) is 1.18. The van der Waals surface area contributed by atoms with Crippen LogP contribution in [0.1, 0.15) is 33.3 Å². The predicted octanol–water partition coefficient (Wildman–Crippen LogP) is 2.00. The zero-order chi connectivity index (χ0) is 13.8. The smallest absolute Gasteiger partial charge is 0.251 e. The van der Waals surface area contributed by atoms with Gasteiger partial charge >= 0.3 is 0 Å². The minimum absolute atomic E-state index is 0.217. The number of amides is 1. The average molecular weight is 250 g/mol. The van der Waals surface area contributed by atoms with E-state index >= 15 is 0 Å². The third kappa shape index (κ3) is 3.55. The van der Waals surface area contributed by atoms with Gasteiger partial charge in [-0.1, -0.05) is 30.3 Å². The molecular formula is C14H22N2O2. The Morgan fingerprint density at radius 2 is 1.78 bits per heavy atom. The summed E-state index contributed by atoms with van der Waals surface area (Å²) in [6.45, 7) is 7.59. The number of hydroxylamine groups is 1. The van der Waals surface area contributed by atoms with Crippen molar-refractivity contribution >= 4 is 5.91 Å². The molecule has 1 aromatic rings. The zero-order valence-electron chi connectivity index (χ0n) is 11.5. The van der Waals surface area contributed by atoms with E-state index in [9.17, 15) is 4.79 Å². The first kappa shape index (κ1) is 14.7. The minimum atomic E-state index is -0.705. The number of benzene rings is 1. The Morgan fingerprint density at radius 1 is 1.22 bits per heavy atom. The lowest BCUT2D eigenvalue weighted by molar-refractivity contribution is -0.146. The fraction of sp³-hybridized carbons (Fsp3) is 0.500. The first-order valence-corrected chi connectivity index (χ1v) is 6.00. The Bertz CT molecular complexity index is 394. The van der Waals surface area contributed by atoms with E-state index in [1.165, 1.54) is 0 Å². The van der Waals surface area contributed by atoms with Gasteiger partial charge in [-0.25, -0.2) is 5.48 Å². The van der Waals surface area contributed by atoms with Crippen LogP contribution in [0, 0.1) is 5.41 Å². The summed E-state index contributed by atoms with van der Waals surface area (Å²) >= 11 is 0. The highest BCUT2D eigenvalue weighted by atomic mass is 16.6. The van der Waals surface area contributed by atoms with E-state index in [4.69, 9.17) is 10.6 Å². The highest BCUT2D eigenvalue weighted by Gasteiger charge is 2.40. The van der Waals surface area contributed by atoms with E-state index < -0.39 is 11.0 Å². The third-order valence-corrected chi connectivity index (χ3v) is 3.43. The van der Waals surface area contributed by atoms with E-state index in [-0.39, 0.29) is 5.91 Å². The highest BCUT2D eigenvalue weighted by Crippen LogP contribution is 2.28. The van der Waals surface area contributed by atoms with Gasteiger partial charge in [-0.15, -0.1) is 0 Å². The van der Waals surface area contributed by atoms with Crippen molar-refractivity contribution in [2.24, 2.45) is 11.1 Å². The first-order valence-electron chi connectivity index (χ1n) is 6.00. The van der Waals surface area contributed by atoms with Crippen LogP contribution in [0.4, 0.5) is 0 Å². The first-order chi connectivity index (χ1) is 8.25. The van der Waals surface area contributed by atoms with Gasteiger partial charge < -0.3 is 5.73 Å². The van der Waals surface area contributed by atoms with Crippen LogP contribution >= 0.6 is 0 Å². The van der Waals surface area contributed by atoms with Crippen LogP contribution in [0.3, 0.4) is 0 Å². The Hall–Kier alpha value is -1.39. The van der Waals surface area contributed by atoms with Gasteiger partial charge in [-0.05, 0) is 33.3 Å². The lowest BCUT2D eigenvalue weighted by Gasteiger charge is -2.36. The van der Waals surface area contributed by atoms with E-state index in [0.717, 1.165) is 5.56 Å². The van der Waals surface area contributed by atoms with Crippen LogP contribution in [0.25, 0.3) is 0 Å². The van der Waals surface area contributed by atoms with E-state index in [0.29, 0.717) is 6.61 Å². The molecular weight excluding hydrogens is 228 g/mol. The van der Waals surface area contributed by atoms with Gasteiger partial charge in [-0.3, -0.25) is 9.63 Å². The van der Waals surface area contributed by atoms with Crippen molar-refractivity contribution < 1.29 is 9.63 Å². The van der Waals surface area contributed by atoms with Gasteiger partial charge in [0.25, 0.3) is 5.91 Å². The van der Waals surface area contributed by atoms with Crippen LogP contribution in [0.2, 0.25) is 0 Å². The summed E-state index contributed by atoms with van der Waals surface area (Å²) in [5, 5.41) is 0. The lowest BCUT2D eigenvalue weighted by Crippen LogP contribution is -2.55. The molecule has 0 radical (unpaired) electrons. The van der Waals surface area contributed by atoms with Crippen LogP contribution in [-0.2, 0) is 16.2 Å². The number of carbonyl (C=O) groups is 1. The molecule has 0 heterocycles. The molecule has 1 amide bonds. The molecule has 0 saturated carbocycles. The van der Waals surface area contributed by atoms with Gasteiger partial charge in [-0.2, -0.15) is 0 Å². The number of hydrogen-bond acceptors (Lipinski definition) is 3. The topological polar surface area (TPSA) is 64.4 Å². The Balaban J connectivity index is 2.48. The molecule has 0 aromatic heterocycles. The van der Waals surface area contributed by atoms with Crippen LogP contribution in [0.15, 0.2) is 30.3 Å². The molecule has 18 heavy (non-hydrogen) atoms. The number of carbonyl (C=O) groups excluding carboxylic acids is 1. The summed E-state index contributed by atoms with van der Waals surface area (Å²) in [5.41, 5.74) is 8.12. The van der Waals surface area contributed by atoms with Crippen molar-refractivity contribution in [3.63, 3.8) is 0 Å². The van der Waals surface area contributed by atoms with E-state index in [2.05, 4.69) is 5.48 Å². The van der Waals surface area contributed by atoms with Crippen molar-refractivity contribution in [2.45, 2.75) is 39.8 Å². The number of rotatable bonds is 5. The Labute approximate surface area is 108 Å². The quantitative estimate of drug-likeness (QED) is 0.786. The molecule has 3 N–H and O–H groups in total. The summed E-state index contributed by atoms with van der Waals surface area (Å²) in [7, 11) is 0. The maximum absolute atomic E-state index is 12.0. The predicted molar refractivity (Wildman–Crippen MR) is 71.4 cm³/mol. The molecule has 4 nitrogen and oxygen atoms in total. The second-order valence-electron chi connectivity index (χ2n) is 5.55. The molecule has 1 rings (SSSR count).